The first-order chi connectivity index (χ1) is 8.97. The van der Waals surface area contributed by atoms with Crippen LogP contribution in [0.1, 0.15) is 10.4 Å². The SMILES string of the molecule is O=C(Nc1cc(F)c(Br)cc1F)c1cccc(I)c1. The number of amides is 1. The first-order valence-corrected chi connectivity index (χ1v) is 7.06. The highest BCUT2D eigenvalue weighted by atomic mass is 127. The Balaban J connectivity index is 2.27. The second-order valence-corrected chi connectivity index (χ2v) is 5.81. The summed E-state index contributed by atoms with van der Waals surface area (Å²) < 4.78 is 27.8. The number of anilines is 1. The Bertz CT molecular complexity index is 649. The Hall–Kier alpha value is -1.02. The molecule has 2 nitrogen and oxygen atoms in total. The molecular weight excluding hydrogens is 431 g/mol. The van der Waals surface area contributed by atoms with Gasteiger partial charge in [0.15, 0.2) is 0 Å². The van der Waals surface area contributed by atoms with Crippen molar-refractivity contribution in [2.45, 2.75) is 0 Å². The zero-order valence-electron chi connectivity index (χ0n) is 9.38. The predicted octanol–water partition coefficient (Wildman–Crippen LogP) is 4.58. The van der Waals surface area contributed by atoms with Crippen LogP contribution in [0.25, 0.3) is 0 Å². The Morgan fingerprint density at radius 3 is 2.58 bits per heavy atom. The lowest BCUT2D eigenvalue weighted by Gasteiger charge is -2.07. The zero-order valence-corrected chi connectivity index (χ0v) is 13.1. The lowest BCUT2D eigenvalue weighted by atomic mass is 10.2. The lowest BCUT2D eigenvalue weighted by molar-refractivity contribution is 0.102. The van der Waals surface area contributed by atoms with Crippen LogP contribution in [-0.4, -0.2) is 5.91 Å². The number of hydrogen-bond acceptors (Lipinski definition) is 1. The van der Waals surface area contributed by atoms with E-state index in [1.54, 1.807) is 18.2 Å². The molecule has 98 valence electrons. The first kappa shape index (κ1) is 14.4. The molecule has 19 heavy (non-hydrogen) atoms. The van der Waals surface area contributed by atoms with E-state index >= 15 is 0 Å². The zero-order chi connectivity index (χ0) is 14.0. The van der Waals surface area contributed by atoms with Crippen molar-refractivity contribution in [2.75, 3.05) is 5.32 Å². The van der Waals surface area contributed by atoms with Crippen molar-refractivity contribution in [1.29, 1.82) is 0 Å². The number of carbonyl (C=O) groups is 1. The minimum absolute atomic E-state index is 0.0114. The highest BCUT2D eigenvalue weighted by Gasteiger charge is 2.12. The van der Waals surface area contributed by atoms with Crippen LogP contribution in [0.4, 0.5) is 14.5 Å². The Labute approximate surface area is 130 Å². The number of carbonyl (C=O) groups excluding carboxylic acids is 1. The minimum Gasteiger partial charge on any atom is -0.319 e. The van der Waals surface area contributed by atoms with Crippen molar-refractivity contribution in [3.8, 4) is 0 Å². The fourth-order valence-electron chi connectivity index (χ4n) is 1.44. The summed E-state index contributed by atoms with van der Waals surface area (Å²) in [6.07, 6.45) is 0. The summed E-state index contributed by atoms with van der Waals surface area (Å²) in [6.45, 7) is 0. The molecule has 0 bridgehead atoms. The molecule has 1 amide bonds. The molecule has 0 saturated carbocycles. The van der Waals surface area contributed by atoms with Crippen LogP contribution in [0.5, 0.6) is 0 Å². The van der Waals surface area contributed by atoms with Gasteiger partial charge >= 0.3 is 0 Å². The number of benzene rings is 2. The average molecular weight is 438 g/mol. The Morgan fingerprint density at radius 1 is 1.16 bits per heavy atom. The summed E-state index contributed by atoms with van der Waals surface area (Å²) in [6, 6.07) is 8.71. The summed E-state index contributed by atoms with van der Waals surface area (Å²) in [7, 11) is 0. The van der Waals surface area contributed by atoms with E-state index in [9.17, 15) is 13.6 Å². The lowest BCUT2D eigenvalue weighted by Crippen LogP contribution is -2.13. The van der Waals surface area contributed by atoms with Gasteiger partial charge in [0.2, 0.25) is 0 Å². The molecule has 0 aliphatic heterocycles. The van der Waals surface area contributed by atoms with Crippen LogP contribution in [0, 0.1) is 15.2 Å². The van der Waals surface area contributed by atoms with Gasteiger partial charge in [-0.1, -0.05) is 6.07 Å². The van der Waals surface area contributed by atoms with Gasteiger partial charge in [0.05, 0.1) is 10.2 Å². The topological polar surface area (TPSA) is 29.1 Å². The van der Waals surface area contributed by atoms with Crippen molar-refractivity contribution in [1.82, 2.24) is 0 Å². The molecule has 0 radical (unpaired) electrons. The maximum Gasteiger partial charge on any atom is 0.255 e. The summed E-state index contributed by atoms with van der Waals surface area (Å²) in [5.41, 5.74) is 0.194. The smallest absolute Gasteiger partial charge is 0.255 e. The van der Waals surface area contributed by atoms with Crippen LogP contribution in [0.2, 0.25) is 0 Å². The number of nitrogens with one attached hydrogen (secondary N) is 1. The largest absolute Gasteiger partial charge is 0.319 e. The van der Waals surface area contributed by atoms with E-state index in [1.165, 1.54) is 0 Å². The quantitative estimate of drug-likeness (QED) is 0.540. The van der Waals surface area contributed by atoms with Gasteiger partial charge in [-0.05, 0) is 62.8 Å². The van der Waals surface area contributed by atoms with Crippen LogP contribution < -0.4 is 5.32 Å². The van der Waals surface area contributed by atoms with Crippen LogP contribution >= 0.6 is 38.5 Å². The summed E-state index contributed by atoms with van der Waals surface area (Å²) in [5.74, 6) is -1.83. The molecule has 1 N–H and O–H groups in total. The van der Waals surface area contributed by atoms with Gasteiger partial charge in [0.25, 0.3) is 5.91 Å². The van der Waals surface area contributed by atoms with Crippen molar-refractivity contribution in [3.05, 3.63) is 61.6 Å². The van der Waals surface area contributed by atoms with E-state index in [1.807, 2.05) is 6.07 Å². The molecule has 0 saturated heterocycles. The standard InChI is InChI=1S/C13H7BrF2INO/c14-9-5-11(16)12(6-10(9)15)18-13(19)7-2-1-3-8(17)4-7/h1-6H,(H,18,19). The average Bonchev–Trinajstić information content (AvgIpc) is 2.36. The van der Waals surface area contributed by atoms with Gasteiger partial charge in [0.1, 0.15) is 11.6 Å². The maximum atomic E-state index is 13.6. The molecule has 0 aliphatic carbocycles. The van der Waals surface area contributed by atoms with E-state index in [2.05, 4.69) is 43.8 Å². The molecule has 0 atom stereocenters. The Morgan fingerprint density at radius 2 is 1.89 bits per heavy atom. The van der Waals surface area contributed by atoms with E-state index in [0.29, 0.717) is 5.56 Å². The highest BCUT2D eigenvalue weighted by Crippen LogP contribution is 2.23. The predicted molar refractivity (Wildman–Crippen MR) is 81.2 cm³/mol. The van der Waals surface area contributed by atoms with Crippen LogP contribution in [0.3, 0.4) is 0 Å². The fourth-order valence-corrected chi connectivity index (χ4v) is 2.30. The van der Waals surface area contributed by atoms with Gasteiger partial charge in [-0.2, -0.15) is 0 Å². The Kier molecular flexibility index (Phi) is 4.51. The van der Waals surface area contributed by atoms with E-state index in [0.717, 1.165) is 15.7 Å². The third-order valence-electron chi connectivity index (χ3n) is 2.34. The normalized spacial score (nSPS) is 10.3. The summed E-state index contributed by atoms with van der Waals surface area (Å²) >= 11 is 4.94. The highest BCUT2D eigenvalue weighted by molar-refractivity contribution is 14.1. The molecule has 0 aliphatic rings. The van der Waals surface area contributed by atoms with Gasteiger partial charge in [0, 0.05) is 15.2 Å². The van der Waals surface area contributed by atoms with Gasteiger partial charge in [-0.25, -0.2) is 8.78 Å². The molecule has 6 heteroatoms. The number of halogens is 4. The monoisotopic (exact) mass is 437 g/mol. The van der Waals surface area contributed by atoms with E-state index in [4.69, 9.17) is 0 Å². The first-order valence-electron chi connectivity index (χ1n) is 5.19. The maximum absolute atomic E-state index is 13.6. The summed E-state index contributed by atoms with van der Waals surface area (Å²) in [5, 5.41) is 2.34. The number of hydrogen-bond donors (Lipinski definition) is 1. The molecule has 0 fully saturated rings. The summed E-state index contributed by atoms with van der Waals surface area (Å²) in [4.78, 5) is 11.9. The van der Waals surface area contributed by atoms with Crippen LogP contribution in [0.15, 0.2) is 40.9 Å². The minimum atomic E-state index is -0.702. The van der Waals surface area contributed by atoms with Gasteiger partial charge < -0.3 is 5.32 Å². The molecule has 2 rings (SSSR count). The van der Waals surface area contributed by atoms with Gasteiger partial charge in [-0.3, -0.25) is 4.79 Å². The second-order valence-electron chi connectivity index (χ2n) is 3.71. The fraction of sp³-hybridized carbons (Fsp3) is 0. The number of rotatable bonds is 2. The van der Waals surface area contributed by atoms with Crippen molar-refractivity contribution >= 4 is 50.1 Å². The van der Waals surface area contributed by atoms with E-state index in [-0.39, 0.29) is 10.2 Å². The molecule has 0 heterocycles. The molecule has 0 unspecified atom stereocenters. The molecule has 2 aromatic carbocycles. The molecule has 2 aromatic rings. The third-order valence-corrected chi connectivity index (χ3v) is 3.62. The van der Waals surface area contributed by atoms with Crippen molar-refractivity contribution in [3.63, 3.8) is 0 Å². The molecular formula is C13H7BrF2INO. The van der Waals surface area contributed by atoms with E-state index < -0.39 is 17.5 Å². The molecule has 0 aromatic heterocycles. The third kappa shape index (κ3) is 3.50. The van der Waals surface area contributed by atoms with Crippen molar-refractivity contribution < 1.29 is 13.6 Å². The van der Waals surface area contributed by atoms with Crippen LogP contribution in [-0.2, 0) is 0 Å². The van der Waals surface area contributed by atoms with Gasteiger partial charge in [-0.15, -0.1) is 0 Å². The van der Waals surface area contributed by atoms with Crippen molar-refractivity contribution in [2.24, 2.45) is 0 Å². The molecule has 0 spiro atoms. The second kappa shape index (κ2) is 5.96.